The fourth-order valence-corrected chi connectivity index (χ4v) is 3.07. The molecule has 0 aromatic heterocycles. The van der Waals surface area contributed by atoms with E-state index < -0.39 is 0 Å². The Labute approximate surface area is 120 Å². The van der Waals surface area contributed by atoms with E-state index in [2.05, 4.69) is 12.2 Å². The van der Waals surface area contributed by atoms with Crippen LogP contribution in [0, 0.1) is 28.9 Å². The third kappa shape index (κ3) is 3.71. The lowest BCUT2D eigenvalue weighted by Crippen LogP contribution is -2.16. The van der Waals surface area contributed by atoms with Crippen LogP contribution in [-0.4, -0.2) is 11.5 Å². The van der Waals surface area contributed by atoms with Gasteiger partial charge in [0.05, 0.1) is 4.92 Å². The molecule has 1 aliphatic rings. The van der Waals surface area contributed by atoms with Gasteiger partial charge in [-0.2, -0.15) is 0 Å². The van der Waals surface area contributed by atoms with Gasteiger partial charge in [-0.3, -0.25) is 10.1 Å². The number of rotatable bonds is 5. The van der Waals surface area contributed by atoms with Gasteiger partial charge in [-0.15, -0.1) is 0 Å². The van der Waals surface area contributed by atoms with Crippen molar-refractivity contribution in [2.75, 3.05) is 11.9 Å². The Bertz CT molecular complexity index is 466. The molecule has 1 saturated carbocycles. The topological polar surface area (TPSA) is 55.2 Å². The van der Waals surface area contributed by atoms with Gasteiger partial charge in [-0.1, -0.05) is 44.7 Å². The van der Waals surface area contributed by atoms with Gasteiger partial charge >= 0.3 is 0 Å². The van der Waals surface area contributed by atoms with Crippen LogP contribution in [0.25, 0.3) is 0 Å². The highest BCUT2D eigenvalue weighted by atomic mass is 16.6. The van der Waals surface area contributed by atoms with Gasteiger partial charge in [0.15, 0.2) is 0 Å². The molecular weight excluding hydrogens is 252 g/mol. The van der Waals surface area contributed by atoms with Crippen molar-refractivity contribution in [1.29, 1.82) is 0 Å². The van der Waals surface area contributed by atoms with Gasteiger partial charge in [0.25, 0.3) is 5.69 Å². The van der Waals surface area contributed by atoms with E-state index in [1.54, 1.807) is 19.1 Å². The molecule has 1 aromatic carbocycles. The molecule has 0 radical (unpaired) electrons. The first-order valence-electron chi connectivity index (χ1n) is 7.55. The molecule has 1 aliphatic carbocycles. The molecule has 1 aromatic rings. The Morgan fingerprint density at radius 1 is 1.30 bits per heavy atom. The van der Waals surface area contributed by atoms with E-state index in [0.29, 0.717) is 11.3 Å². The third-order valence-electron chi connectivity index (χ3n) is 4.42. The summed E-state index contributed by atoms with van der Waals surface area (Å²) in [6.07, 6.45) is 6.37. The van der Waals surface area contributed by atoms with Gasteiger partial charge in [-0.25, -0.2) is 0 Å². The monoisotopic (exact) mass is 276 g/mol. The Morgan fingerprint density at radius 3 is 2.65 bits per heavy atom. The highest BCUT2D eigenvalue weighted by molar-refractivity contribution is 5.64. The van der Waals surface area contributed by atoms with E-state index in [-0.39, 0.29) is 10.6 Å². The van der Waals surface area contributed by atoms with Crippen LogP contribution >= 0.6 is 0 Å². The SMILES string of the molecule is Cc1cccc(NCCC2CCC(C)CC2)c1[N+](=O)[O-]. The summed E-state index contributed by atoms with van der Waals surface area (Å²) in [6.45, 7) is 4.93. The van der Waals surface area contributed by atoms with Crippen molar-refractivity contribution in [1.82, 2.24) is 0 Å². The van der Waals surface area contributed by atoms with Gasteiger partial charge in [-0.05, 0) is 31.2 Å². The summed E-state index contributed by atoms with van der Waals surface area (Å²) in [5, 5.41) is 14.4. The largest absolute Gasteiger partial charge is 0.379 e. The van der Waals surface area contributed by atoms with Crippen molar-refractivity contribution in [3.8, 4) is 0 Å². The van der Waals surface area contributed by atoms with Crippen LogP contribution in [0.5, 0.6) is 0 Å². The summed E-state index contributed by atoms with van der Waals surface area (Å²) in [4.78, 5) is 10.8. The molecule has 0 saturated heterocycles. The molecular formula is C16H24N2O2. The van der Waals surface area contributed by atoms with Crippen molar-refractivity contribution in [2.45, 2.75) is 46.0 Å². The first-order valence-corrected chi connectivity index (χ1v) is 7.55. The molecule has 110 valence electrons. The number of nitrogens with zero attached hydrogens (tertiary/aromatic N) is 1. The van der Waals surface area contributed by atoms with E-state index in [1.807, 2.05) is 6.07 Å². The summed E-state index contributed by atoms with van der Waals surface area (Å²) in [5.74, 6) is 1.65. The standard InChI is InChI=1S/C16H24N2O2/c1-12-6-8-14(9-7-12)10-11-17-15-5-3-4-13(2)16(15)18(19)20/h3-5,12,14,17H,6-11H2,1-2H3. The minimum absolute atomic E-state index is 0.213. The van der Waals surface area contributed by atoms with Crippen LogP contribution in [0.15, 0.2) is 18.2 Å². The fourth-order valence-electron chi connectivity index (χ4n) is 3.07. The predicted octanol–water partition coefficient (Wildman–Crippen LogP) is 4.53. The van der Waals surface area contributed by atoms with Crippen LogP contribution in [0.1, 0.15) is 44.6 Å². The van der Waals surface area contributed by atoms with Gasteiger partial charge in [0.1, 0.15) is 5.69 Å². The van der Waals surface area contributed by atoms with Crippen molar-refractivity contribution >= 4 is 11.4 Å². The maximum absolute atomic E-state index is 11.1. The second kappa shape index (κ2) is 6.73. The van der Waals surface area contributed by atoms with E-state index in [4.69, 9.17) is 0 Å². The smallest absolute Gasteiger partial charge is 0.295 e. The molecule has 4 heteroatoms. The van der Waals surface area contributed by atoms with E-state index >= 15 is 0 Å². The molecule has 0 aliphatic heterocycles. The van der Waals surface area contributed by atoms with Crippen LogP contribution in [0.2, 0.25) is 0 Å². The lowest BCUT2D eigenvalue weighted by molar-refractivity contribution is -0.384. The molecule has 1 N–H and O–H groups in total. The number of benzene rings is 1. The van der Waals surface area contributed by atoms with E-state index in [9.17, 15) is 10.1 Å². The number of nitrogens with one attached hydrogen (secondary N) is 1. The Kier molecular flexibility index (Phi) is 4.99. The Balaban J connectivity index is 1.88. The number of aryl methyl sites for hydroxylation is 1. The average Bonchev–Trinajstić information content (AvgIpc) is 2.40. The number of hydrogen-bond acceptors (Lipinski definition) is 3. The molecule has 0 spiro atoms. The Morgan fingerprint density at radius 2 is 2.00 bits per heavy atom. The molecule has 2 rings (SSSR count). The second-order valence-electron chi connectivity index (χ2n) is 6.07. The van der Waals surface area contributed by atoms with Crippen molar-refractivity contribution in [2.24, 2.45) is 11.8 Å². The van der Waals surface area contributed by atoms with Crippen molar-refractivity contribution < 1.29 is 4.92 Å². The highest BCUT2D eigenvalue weighted by Gasteiger charge is 2.19. The molecule has 20 heavy (non-hydrogen) atoms. The first kappa shape index (κ1) is 14.8. The van der Waals surface area contributed by atoms with Crippen molar-refractivity contribution in [3.63, 3.8) is 0 Å². The van der Waals surface area contributed by atoms with Crippen LogP contribution < -0.4 is 5.32 Å². The average molecular weight is 276 g/mol. The maximum atomic E-state index is 11.1. The highest BCUT2D eigenvalue weighted by Crippen LogP contribution is 2.31. The lowest BCUT2D eigenvalue weighted by Gasteiger charge is -2.26. The summed E-state index contributed by atoms with van der Waals surface area (Å²) < 4.78 is 0. The number of hydrogen-bond donors (Lipinski definition) is 1. The number of anilines is 1. The summed E-state index contributed by atoms with van der Waals surface area (Å²) in [7, 11) is 0. The fraction of sp³-hybridized carbons (Fsp3) is 0.625. The second-order valence-corrected chi connectivity index (χ2v) is 6.07. The maximum Gasteiger partial charge on any atom is 0.295 e. The zero-order valence-electron chi connectivity index (χ0n) is 12.4. The quantitative estimate of drug-likeness (QED) is 0.635. The zero-order valence-corrected chi connectivity index (χ0v) is 12.4. The minimum Gasteiger partial charge on any atom is -0.379 e. The molecule has 0 amide bonds. The van der Waals surface area contributed by atoms with E-state index in [1.165, 1.54) is 25.7 Å². The number of nitro benzene ring substituents is 1. The first-order chi connectivity index (χ1) is 9.58. The third-order valence-corrected chi connectivity index (χ3v) is 4.42. The molecule has 0 heterocycles. The summed E-state index contributed by atoms with van der Waals surface area (Å²) in [6, 6.07) is 5.45. The Hall–Kier alpha value is -1.58. The predicted molar refractivity (Wildman–Crippen MR) is 82.1 cm³/mol. The number of nitro groups is 1. The molecule has 0 bridgehead atoms. The molecule has 4 nitrogen and oxygen atoms in total. The van der Waals surface area contributed by atoms with Gasteiger partial charge < -0.3 is 5.32 Å². The molecule has 0 atom stereocenters. The normalized spacial score (nSPS) is 22.5. The lowest BCUT2D eigenvalue weighted by atomic mass is 9.81. The summed E-state index contributed by atoms with van der Waals surface area (Å²) >= 11 is 0. The van der Waals surface area contributed by atoms with Gasteiger partial charge in [0.2, 0.25) is 0 Å². The van der Waals surface area contributed by atoms with Crippen LogP contribution in [0.4, 0.5) is 11.4 Å². The number of para-hydroxylation sites is 1. The van der Waals surface area contributed by atoms with Gasteiger partial charge in [0, 0.05) is 12.1 Å². The van der Waals surface area contributed by atoms with E-state index in [0.717, 1.165) is 24.8 Å². The van der Waals surface area contributed by atoms with Crippen LogP contribution in [0.3, 0.4) is 0 Å². The minimum atomic E-state index is -0.292. The summed E-state index contributed by atoms with van der Waals surface area (Å²) in [5.41, 5.74) is 1.58. The molecule has 1 fully saturated rings. The van der Waals surface area contributed by atoms with Crippen LogP contribution in [-0.2, 0) is 0 Å². The molecule has 0 unspecified atom stereocenters. The zero-order chi connectivity index (χ0) is 14.5. The van der Waals surface area contributed by atoms with Crippen molar-refractivity contribution in [3.05, 3.63) is 33.9 Å².